The molecule has 0 radical (unpaired) electrons. The van der Waals surface area contributed by atoms with Crippen molar-refractivity contribution in [1.29, 1.82) is 0 Å². The van der Waals surface area contributed by atoms with E-state index in [0.29, 0.717) is 0 Å². The number of nitrogens with one attached hydrogen (secondary N) is 1. The standard InChI is InChI=1S/C12H19BrN2O/c1-3-12(16-2)11(15-14)8-9-5-4-6-10(13)7-9/h4-7,11-12,15H,3,8,14H2,1-2H3. The lowest BCUT2D eigenvalue weighted by Gasteiger charge is -2.24. The predicted octanol–water partition coefficient (Wildman–Crippen LogP) is 2.25. The van der Waals surface area contributed by atoms with Crippen molar-refractivity contribution in [3.05, 3.63) is 34.3 Å². The average Bonchev–Trinajstić information content (AvgIpc) is 2.29. The second kappa shape index (κ2) is 7.01. The fourth-order valence-corrected chi connectivity index (χ4v) is 2.28. The highest BCUT2D eigenvalue weighted by Crippen LogP contribution is 2.15. The lowest BCUT2D eigenvalue weighted by atomic mass is 10.0. The highest BCUT2D eigenvalue weighted by atomic mass is 79.9. The van der Waals surface area contributed by atoms with Crippen molar-refractivity contribution in [3.63, 3.8) is 0 Å². The smallest absolute Gasteiger partial charge is 0.0738 e. The molecule has 0 fully saturated rings. The van der Waals surface area contributed by atoms with Crippen molar-refractivity contribution in [2.24, 2.45) is 5.84 Å². The summed E-state index contributed by atoms with van der Waals surface area (Å²) in [7, 11) is 1.72. The highest BCUT2D eigenvalue weighted by molar-refractivity contribution is 9.10. The van der Waals surface area contributed by atoms with Gasteiger partial charge < -0.3 is 4.74 Å². The maximum atomic E-state index is 5.57. The molecule has 4 heteroatoms. The molecule has 3 nitrogen and oxygen atoms in total. The lowest BCUT2D eigenvalue weighted by Crippen LogP contribution is -2.46. The molecule has 3 N–H and O–H groups in total. The predicted molar refractivity (Wildman–Crippen MR) is 70.0 cm³/mol. The molecule has 0 aromatic heterocycles. The second-order valence-electron chi connectivity index (χ2n) is 3.79. The molecule has 1 aromatic carbocycles. The maximum Gasteiger partial charge on any atom is 0.0738 e. The first-order valence-corrected chi connectivity index (χ1v) is 6.24. The molecule has 0 heterocycles. The zero-order valence-corrected chi connectivity index (χ0v) is 11.3. The quantitative estimate of drug-likeness (QED) is 0.623. The number of nitrogens with two attached hydrogens (primary N) is 1. The average molecular weight is 287 g/mol. The second-order valence-corrected chi connectivity index (χ2v) is 4.71. The first kappa shape index (κ1) is 13.6. The van der Waals surface area contributed by atoms with Crippen LogP contribution < -0.4 is 11.3 Å². The van der Waals surface area contributed by atoms with Crippen LogP contribution >= 0.6 is 15.9 Å². The van der Waals surface area contributed by atoms with Crippen LogP contribution in [0.2, 0.25) is 0 Å². The van der Waals surface area contributed by atoms with Crippen molar-refractivity contribution < 1.29 is 4.74 Å². The minimum absolute atomic E-state index is 0.143. The van der Waals surface area contributed by atoms with Crippen LogP contribution in [0.3, 0.4) is 0 Å². The monoisotopic (exact) mass is 286 g/mol. The van der Waals surface area contributed by atoms with Crippen LogP contribution in [0.25, 0.3) is 0 Å². The third-order valence-electron chi connectivity index (χ3n) is 2.71. The summed E-state index contributed by atoms with van der Waals surface area (Å²) in [6, 6.07) is 8.39. The van der Waals surface area contributed by atoms with E-state index in [4.69, 9.17) is 10.6 Å². The number of hydrogen-bond donors (Lipinski definition) is 2. The van der Waals surface area contributed by atoms with Gasteiger partial charge in [0.15, 0.2) is 0 Å². The topological polar surface area (TPSA) is 47.3 Å². The Morgan fingerprint density at radius 3 is 2.75 bits per heavy atom. The molecular weight excluding hydrogens is 268 g/mol. The van der Waals surface area contributed by atoms with Gasteiger partial charge in [-0.15, -0.1) is 0 Å². The molecular formula is C12H19BrN2O. The van der Waals surface area contributed by atoms with Crippen molar-refractivity contribution in [2.75, 3.05) is 7.11 Å². The van der Waals surface area contributed by atoms with E-state index in [9.17, 15) is 0 Å². The van der Waals surface area contributed by atoms with Crippen LogP contribution in [0.5, 0.6) is 0 Å². The van der Waals surface area contributed by atoms with Gasteiger partial charge in [0.1, 0.15) is 0 Å². The molecule has 0 aliphatic carbocycles. The molecule has 1 aromatic rings. The first-order valence-electron chi connectivity index (χ1n) is 5.44. The summed E-state index contributed by atoms with van der Waals surface area (Å²) >= 11 is 3.46. The van der Waals surface area contributed by atoms with E-state index in [1.54, 1.807) is 7.11 Å². The van der Waals surface area contributed by atoms with E-state index in [0.717, 1.165) is 17.3 Å². The Hall–Kier alpha value is -0.420. The number of hydrogen-bond acceptors (Lipinski definition) is 3. The minimum Gasteiger partial charge on any atom is -0.380 e. The number of ether oxygens (including phenoxy) is 1. The molecule has 0 amide bonds. The van der Waals surface area contributed by atoms with Crippen molar-refractivity contribution >= 4 is 15.9 Å². The fourth-order valence-electron chi connectivity index (χ4n) is 1.83. The van der Waals surface area contributed by atoms with Gasteiger partial charge in [-0.3, -0.25) is 11.3 Å². The zero-order chi connectivity index (χ0) is 12.0. The molecule has 0 aliphatic rings. The Labute approximate surface area is 105 Å². The molecule has 0 aliphatic heterocycles. The van der Waals surface area contributed by atoms with Gasteiger partial charge in [0, 0.05) is 11.6 Å². The van der Waals surface area contributed by atoms with Crippen LogP contribution in [0.4, 0.5) is 0 Å². The third-order valence-corrected chi connectivity index (χ3v) is 3.21. The Kier molecular flexibility index (Phi) is 5.98. The maximum absolute atomic E-state index is 5.57. The van der Waals surface area contributed by atoms with Gasteiger partial charge in [0.25, 0.3) is 0 Å². The Balaban J connectivity index is 2.69. The molecule has 0 spiro atoms. The number of hydrazine groups is 1. The van der Waals surface area contributed by atoms with E-state index >= 15 is 0 Å². The van der Waals surface area contributed by atoms with Gasteiger partial charge in [-0.05, 0) is 30.5 Å². The van der Waals surface area contributed by atoms with Crippen LogP contribution in [0.1, 0.15) is 18.9 Å². The molecule has 1 rings (SSSR count). The summed E-state index contributed by atoms with van der Waals surface area (Å²) in [6.45, 7) is 2.10. The first-order chi connectivity index (χ1) is 7.71. The van der Waals surface area contributed by atoms with E-state index in [-0.39, 0.29) is 12.1 Å². The molecule has 2 atom stereocenters. The molecule has 2 unspecified atom stereocenters. The fraction of sp³-hybridized carbons (Fsp3) is 0.500. The van der Waals surface area contributed by atoms with Crippen LogP contribution in [-0.2, 0) is 11.2 Å². The number of halogens is 1. The largest absolute Gasteiger partial charge is 0.380 e. The number of benzene rings is 1. The van der Waals surface area contributed by atoms with Crippen LogP contribution in [0, 0.1) is 0 Å². The minimum atomic E-state index is 0.143. The zero-order valence-electron chi connectivity index (χ0n) is 9.74. The third kappa shape index (κ3) is 3.87. The van der Waals surface area contributed by atoms with Crippen molar-refractivity contribution in [3.8, 4) is 0 Å². The Morgan fingerprint density at radius 1 is 1.50 bits per heavy atom. The number of methoxy groups -OCH3 is 1. The molecule has 0 saturated heterocycles. The van der Waals surface area contributed by atoms with Crippen LogP contribution in [-0.4, -0.2) is 19.3 Å². The molecule has 90 valence electrons. The van der Waals surface area contributed by atoms with Crippen LogP contribution in [0.15, 0.2) is 28.7 Å². The Morgan fingerprint density at radius 2 is 2.25 bits per heavy atom. The van der Waals surface area contributed by atoms with Gasteiger partial charge in [-0.2, -0.15) is 0 Å². The summed E-state index contributed by atoms with van der Waals surface area (Å²) in [5.41, 5.74) is 4.07. The van der Waals surface area contributed by atoms with Crippen molar-refractivity contribution in [1.82, 2.24) is 5.43 Å². The van der Waals surface area contributed by atoms with Gasteiger partial charge in [-0.25, -0.2) is 0 Å². The van der Waals surface area contributed by atoms with E-state index in [2.05, 4.69) is 40.4 Å². The summed E-state index contributed by atoms with van der Waals surface area (Å²) in [5.74, 6) is 5.57. The van der Waals surface area contributed by atoms with Crippen molar-refractivity contribution in [2.45, 2.75) is 31.9 Å². The lowest BCUT2D eigenvalue weighted by molar-refractivity contribution is 0.0653. The summed E-state index contributed by atoms with van der Waals surface area (Å²) in [4.78, 5) is 0. The molecule has 16 heavy (non-hydrogen) atoms. The Bertz CT molecular complexity index is 316. The van der Waals surface area contributed by atoms with E-state index in [1.165, 1.54) is 5.56 Å². The molecule has 0 bridgehead atoms. The van der Waals surface area contributed by atoms with Gasteiger partial charge in [-0.1, -0.05) is 35.0 Å². The highest BCUT2D eigenvalue weighted by Gasteiger charge is 2.18. The molecule has 0 saturated carbocycles. The summed E-state index contributed by atoms with van der Waals surface area (Å²) in [6.07, 6.45) is 1.95. The van der Waals surface area contributed by atoms with Gasteiger partial charge in [0.05, 0.1) is 12.1 Å². The SMILES string of the molecule is CCC(OC)C(Cc1cccc(Br)c1)NN. The van der Waals surface area contributed by atoms with E-state index < -0.39 is 0 Å². The van der Waals surface area contributed by atoms with Gasteiger partial charge in [0.2, 0.25) is 0 Å². The van der Waals surface area contributed by atoms with Gasteiger partial charge >= 0.3 is 0 Å². The normalized spacial score (nSPS) is 14.8. The van der Waals surface area contributed by atoms with E-state index in [1.807, 2.05) is 12.1 Å². The summed E-state index contributed by atoms with van der Waals surface area (Å²) in [5, 5.41) is 0. The number of rotatable bonds is 6. The summed E-state index contributed by atoms with van der Waals surface area (Å²) < 4.78 is 6.49.